The summed E-state index contributed by atoms with van der Waals surface area (Å²) in [6.45, 7) is 6.78. The van der Waals surface area contributed by atoms with Gasteiger partial charge in [0, 0.05) is 16.7 Å². The molecular formula is C26H24N2Si. The van der Waals surface area contributed by atoms with E-state index in [9.17, 15) is 0 Å². The SMILES string of the molecule is C[Si](C)(C)C#Cc1ccc(-c2cc(-c3ccccc3)n(-c3ccccc3)n2)cc1. The maximum Gasteiger partial charge on any atom is 0.129 e. The molecule has 0 aliphatic carbocycles. The molecule has 0 saturated carbocycles. The van der Waals surface area contributed by atoms with E-state index < -0.39 is 8.07 Å². The van der Waals surface area contributed by atoms with E-state index in [0.717, 1.165) is 33.8 Å². The quantitative estimate of drug-likeness (QED) is 0.290. The van der Waals surface area contributed by atoms with Crippen LogP contribution in [0.1, 0.15) is 5.56 Å². The second kappa shape index (κ2) is 7.95. The smallest absolute Gasteiger partial charge is 0.129 e. The fourth-order valence-corrected chi connectivity index (χ4v) is 3.61. The summed E-state index contributed by atoms with van der Waals surface area (Å²) in [6, 6.07) is 31.2. The van der Waals surface area contributed by atoms with Crippen LogP contribution in [-0.2, 0) is 0 Å². The van der Waals surface area contributed by atoms with Crippen molar-refractivity contribution in [3.63, 3.8) is 0 Å². The van der Waals surface area contributed by atoms with E-state index in [1.807, 2.05) is 28.9 Å². The predicted molar refractivity (Wildman–Crippen MR) is 125 cm³/mol. The minimum Gasteiger partial charge on any atom is -0.232 e. The molecule has 0 atom stereocenters. The Labute approximate surface area is 173 Å². The van der Waals surface area contributed by atoms with Crippen LogP contribution in [0.25, 0.3) is 28.2 Å². The van der Waals surface area contributed by atoms with Crippen molar-refractivity contribution in [1.82, 2.24) is 9.78 Å². The van der Waals surface area contributed by atoms with Gasteiger partial charge in [0.05, 0.1) is 17.1 Å². The molecule has 0 saturated heterocycles. The first kappa shape index (κ1) is 19.0. The molecule has 1 aromatic heterocycles. The number of hydrogen-bond donors (Lipinski definition) is 0. The van der Waals surface area contributed by atoms with E-state index in [-0.39, 0.29) is 0 Å². The van der Waals surface area contributed by atoms with Gasteiger partial charge in [0.15, 0.2) is 0 Å². The minimum atomic E-state index is -1.37. The molecule has 0 N–H and O–H groups in total. The molecule has 29 heavy (non-hydrogen) atoms. The number of hydrogen-bond acceptors (Lipinski definition) is 1. The second-order valence-electron chi connectivity index (χ2n) is 8.11. The highest BCUT2D eigenvalue weighted by atomic mass is 28.3. The summed E-state index contributed by atoms with van der Waals surface area (Å²) in [5, 5.41) is 4.93. The molecule has 1 heterocycles. The molecule has 4 rings (SSSR count). The molecule has 0 radical (unpaired) electrons. The van der Waals surface area contributed by atoms with Crippen LogP contribution in [0, 0.1) is 11.5 Å². The summed E-state index contributed by atoms with van der Waals surface area (Å²) >= 11 is 0. The fraction of sp³-hybridized carbons (Fsp3) is 0.115. The Morgan fingerprint density at radius 2 is 1.34 bits per heavy atom. The lowest BCUT2D eigenvalue weighted by Crippen LogP contribution is -2.16. The summed E-state index contributed by atoms with van der Waals surface area (Å²) < 4.78 is 2.02. The van der Waals surface area contributed by atoms with Gasteiger partial charge in [-0.05, 0) is 30.3 Å². The van der Waals surface area contributed by atoms with Crippen molar-refractivity contribution in [1.29, 1.82) is 0 Å². The van der Waals surface area contributed by atoms with Crippen molar-refractivity contribution in [2.45, 2.75) is 19.6 Å². The van der Waals surface area contributed by atoms with E-state index in [2.05, 4.69) is 97.8 Å². The van der Waals surface area contributed by atoms with Crippen molar-refractivity contribution in [3.05, 3.63) is 96.6 Å². The minimum absolute atomic E-state index is 0.956. The van der Waals surface area contributed by atoms with Crippen molar-refractivity contribution in [3.8, 4) is 39.7 Å². The zero-order chi connectivity index (χ0) is 20.3. The maximum atomic E-state index is 4.93. The van der Waals surface area contributed by atoms with Crippen LogP contribution in [0.3, 0.4) is 0 Å². The summed E-state index contributed by atoms with van der Waals surface area (Å²) in [5.41, 5.74) is 9.80. The molecule has 2 nitrogen and oxygen atoms in total. The third-order valence-corrected chi connectivity index (χ3v) is 5.42. The van der Waals surface area contributed by atoms with Gasteiger partial charge < -0.3 is 0 Å². The summed E-state index contributed by atoms with van der Waals surface area (Å²) in [4.78, 5) is 0. The molecule has 4 aromatic rings. The number of nitrogens with zero attached hydrogens (tertiary/aromatic N) is 2. The molecule has 0 bridgehead atoms. The highest BCUT2D eigenvalue weighted by molar-refractivity contribution is 6.83. The van der Waals surface area contributed by atoms with E-state index in [4.69, 9.17) is 5.10 Å². The van der Waals surface area contributed by atoms with E-state index in [1.165, 1.54) is 0 Å². The molecule has 3 heteroatoms. The molecule has 0 amide bonds. The van der Waals surface area contributed by atoms with Crippen molar-refractivity contribution in [2.75, 3.05) is 0 Å². The lowest BCUT2D eigenvalue weighted by Gasteiger charge is -2.07. The Bertz CT molecular complexity index is 1100. The molecule has 0 aliphatic rings. The normalized spacial score (nSPS) is 11.0. The van der Waals surface area contributed by atoms with Crippen LogP contribution >= 0.6 is 0 Å². The molecule has 0 unspecified atom stereocenters. The van der Waals surface area contributed by atoms with Gasteiger partial charge in [0.2, 0.25) is 0 Å². The highest BCUT2D eigenvalue weighted by Gasteiger charge is 2.13. The average Bonchev–Trinajstić information content (AvgIpc) is 3.19. The number of rotatable bonds is 3. The maximum absolute atomic E-state index is 4.93. The Morgan fingerprint density at radius 3 is 1.97 bits per heavy atom. The zero-order valence-electron chi connectivity index (χ0n) is 17.1. The topological polar surface area (TPSA) is 17.8 Å². The van der Waals surface area contributed by atoms with Crippen molar-refractivity contribution in [2.24, 2.45) is 0 Å². The Hall–Kier alpha value is -3.35. The number of para-hydroxylation sites is 1. The van der Waals surface area contributed by atoms with Gasteiger partial charge in [-0.15, -0.1) is 5.54 Å². The van der Waals surface area contributed by atoms with Crippen LogP contribution in [-0.4, -0.2) is 17.9 Å². The number of benzene rings is 3. The van der Waals surface area contributed by atoms with Crippen LogP contribution in [0.4, 0.5) is 0 Å². The first-order valence-corrected chi connectivity index (χ1v) is 13.3. The van der Waals surface area contributed by atoms with Gasteiger partial charge in [0.25, 0.3) is 0 Å². The third-order valence-electron chi connectivity index (χ3n) is 4.54. The van der Waals surface area contributed by atoms with E-state index in [1.54, 1.807) is 0 Å². The van der Waals surface area contributed by atoms with Crippen molar-refractivity contribution >= 4 is 8.07 Å². The summed E-state index contributed by atoms with van der Waals surface area (Å²) in [7, 11) is -1.37. The molecule has 142 valence electrons. The van der Waals surface area contributed by atoms with E-state index >= 15 is 0 Å². The zero-order valence-corrected chi connectivity index (χ0v) is 18.1. The van der Waals surface area contributed by atoms with Crippen molar-refractivity contribution < 1.29 is 0 Å². The van der Waals surface area contributed by atoms with E-state index in [0.29, 0.717) is 0 Å². The molecule has 0 spiro atoms. The largest absolute Gasteiger partial charge is 0.232 e. The first-order chi connectivity index (χ1) is 14.0. The lowest BCUT2D eigenvalue weighted by atomic mass is 10.1. The second-order valence-corrected chi connectivity index (χ2v) is 12.9. The Morgan fingerprint density at radius 1 is 0.724 bits per heavy atom. The van der Waals surface area contributed by atoms with Crippen LogP contribution in [0.5, 0.6) is 0 Å². The summed E-state index contributed by atoms with van der Waals surface area (Å²) in [5.74, 6) is 3.32. The summed E-state index contributed by atoms with van der Waals surface area (Å²) in [6.07, 6.45) is 0. The van der Waals surface area contributed by atoms with Gasteiger partial charge in [-0.1, -0.05) is 86.2 Å². The van der Waals surface area contributed by atoms with Gasteiger partial charge in [-0.25, -0.2) is 4.68 Å². The molecule has 0 fully saturated rings. The van der Waals surface area contributed by atoms with Gasteiger partial charge in [-0.2, -0.15) is 5.10 Å². The lowest BCUT2D eigenvalue weighted by molar-refractivity contribution is 0.892. The first-order valence-electron chi connectivity index (χ1n) is 9.84. The average molecular weight is 393 g/mol. The molecular weight excluding hydrogens is 368 g/mol. The van der Waals surface area contributed by atoms with Crippen LogP contribution < -0.4 is 0 Å². The standard InChI is InChI=1S/C26H24N2Si/c1-29(2,3)19-18-21-14-16-22(17-15-21)25-20-26(23-10-6-4-7-11-23)28(27-25)24-12-8-5-9-13-24/h4-17,20H,1-3H3. The third kappa shape index (κ3) is 4.56. The molecule has 0 aliphatic heterocycles. The van der Waals surface area contributed by atoms with Crippen LogP contribution in [0.15, 0.2) is 91.0 Å². The molecule has 3 aromatic carbocycles. The highest BCUT2D eigenvalue weighted by Crippen LogP contribution is 2.28. The predicted octanol–water partition coefficient (Wildman–Crippen LogP) is 6.44. The number of aromatic nitrogens is 2. The van der Waals surface area contributed by atoms with Gasteiger partial charge in [0.1, 0.15) is 8.07 Å². The Kier molecular flexibility index (Phi) is 5.20. The van der Waals surface area contributed by atoms with Gasteiger partial charge in [-0.3, -0.25) is 0 Å². The Balaban J connectivity index is 1.75. The monoisotopic (exact) mass is 392 g/mol. The van der Waals surface area contributed by atoms with Crippen LogP contribution in [0.2, 0.25) is 19.6 Å². The fourth-order valence-electron chi connectivity index (χ4n) is 3.09. The van der Waals surface area contributed by atoms with Gasteiger partial charge >= 0.3 is 0 Å².